The molecular formula is C30H26O7. The fraction of sp³-hybridized carbons (Fsp3) is 0.233. The van der Waals surface area contributed by atoms with Gasteiger partial charge in [0.1, 0.15) is 6.29 Å². The highest BCUT2D eigenvalue weighted by Gasteiger charge is 2.21. The summed E-state index contributed by atoms with van der Waals surface area (Å²) in [6.07, 6.45) is 4.94. The first-order valence-electron chi connectivity index (χ1n) is 12.1. The zero-order chi connectivity index (χ0) is 26.5. The Morgan fingerprint density at radius 2 is 1.16 bits per heavy atom. The number of aldehydes is 1. The summed E-state index contributed by atoms with van der Waals surface area (Å²) in [5, 5.41) is 17.5. The fourth-order valence-corrected chi connectivity index (χ4v) is 4.68. The van der Waals surface area contributed by atoms with Crippen LogP contribution in [0.5, 0.6) is 0 Å². The molecular weight excluding hydrogens is 472 g/mol. The molecule has 0 bridgehead atoms. The number of fused-ring (bicyclic) bond motifs is 3. The van der Waals surface area contributed by atoms with Crippen molar-refractivity contribution in [2.45, 2.75) is 45.1 Å². The van der Waals surface area contributed by atoms with Crippen LogP contribution < -0.4 is 0 Å². The van der Waals surface area contributed by atoms with E-state index in [4.69, 9.17) is 10.2 Å². The van der Waals surface area contributed by atoms with Crippen molar-refractivity contribution in [3.8, 4) is 0 Å². The fourth-order valence-electron chi connectivity index (χ4n) is 4.68. The van der Waals surface area contributed by atoms with Crippen molar-refractivity contribution < 1.29 is 34.2 Å². The molecule has 6 rings (SSSR count). The summed E-state index contributed by atoms with van der Waals surface area (Å²) in [6.45, 7) is 0.0144. The van der Waals surface area contributed by atoms with Gasteiger partial charge in [0, 0.05) is 41.5 Å². The maximum atomic E-state index is 11.3. The highest BCUT2D eigenvalue weighted by atomic mass is 16.4. The average molecular weight is 499 g/mol. The third kappa shape index (κ3) is 5.78. The molecule has 0 fully saturated rings. The number of aromatic carboxylic acids is 1. The SMILES string of the molecule is O=C(O)c1ccc2c(c1)C(=O)CC2.O=C1CCc2ccc(CO)cc21.O=Cc1ccc2c(c1)C(=O)CC2. The predicted molar refractivity (Wildman–Crippen MR) is 136 cm³/mol. The van der Waals surface area contributed by atoms with Crippen LogP contribution in [0.3, 0.4) is 0 Å². The summed E-state index contributed by atoms with van der Waals surface area (Å²) in [7, 11) is 0. The van der Waals surface area contributed by atoms with Gasteiger partial charge in [0.25, 0.3) is 0 Å². The molecule has 0 saturated heterocycles. The number of benzene rings is 3. The van der Waals surface area contributed by atoms with E-state index in [1.54, 1.807) is 30.3 Å². The molecule has 3 aliphatic rings. The molecule has 0 atom stereocenters. The Morgan fingerprint density at radius 3 is 1.68 bits per heavy atom. The summed E-state index contributed by atoms with van der Waals surface area (Å²) in [4.78, 5) is 54.7. The topological polar surface area (TPSA) is 126 Å². The molecule has 0 amide bonds. The van der Waals surface area contributed by atoms with Gasteiger partial charge in [-0.25, -0.2) is 4.79 Å². The third-order valence-electron chi connectivity index (χ3n) is 6.75. The summed E-state index contributed by atoms with van der Waals surface area (Å²) >= 11 is 0. The lowest BCUT2D eigenvalue weighted by Crippen LogP contribution is -1.99. The Morgan fingerprint density at radius 1 is 0.676 bits per heavy atom. The number of aliphatic hydroxyl groups is 1. The smallest absolute Gasteiger partial charge is 0.335 e. The van der Waals surface area contributed by atoms with E-state index in [1.165, 1.54) is 6.07 Å². The summed E-state index contributed by atoms with van der Waals surface area (Å²) in [5.41, 5.74) is 6.89. The Bertz CT molecular complexity index is 1420. The number of Topliss-reactive ketones (excluding diaryl/α,β-unsaturated/α-hetero) is 3. The van der Waals surface area contributed by atoms with Crippen molar-refractivity contribution in [1.82, 2.24) is 0 Å². The quantitative estimate of drug-likeness (QED) is 0.511. The predicted octanol–water partition coefficient (Wildman–Crippen LogP) is 4.45. The largest absolute Gasteiger partial charge is 0.478 e. The maximum absolute atomic E-state index is 11.3. The van der Waals surface area contributed by atoms with Gasteiger partial charge < -0.3 is 10.2 Å². The van der Waals surface area contributed by atoms with E-state index in [9.17, 15) is 24.0 Å². The van der Waals surface area contributed by atoms with Gasteiger partial charge in [-0.3, -0.25) is 19.2 Å². The van der Waals surface area contributed by atoms with Gasteiger partial charge in [-0.2, -0.15) is 0 Å². The van der Waals surface area contributed by atoms with Crippen molar-refractivity contribution in [2.24, 2.45) is 0 Å². The second-order valence-electron chi connectivity index (χ2n) is 9.13. The van der Waals surface area contributed by atoms with Gasteiger partial charge in [-0.05, 0) is 65.8 Å². The lowest BCUT2D eigenvalue weighted by molar-refractivity contribution is 0.0696. The molecule has 2 N–H and O–H groups in total. The molecule has 0 unspecified atom stereocenters. The molecule has 7 heteroatoms. The number of ketones is 3. The first-order chi connectivity index (χ1) is 17.8. The number of hydrogen-bond donors (Lipinski definition) is 2. The minimum absolute atomic E-state index is 0.0144. The second-order valence-corrected chi connectivity index (χ2v) is 9.13. The molecule has 0 radical (unpaired) electrons. The summed E-state index contributed by atoms with van der Waals surface area (Å²) in [6, 6.07) is 15.6. The van der Waals surface area contributed by atoms with E-state index < -0.39 is 5.97 Å². The highest BCUT2D eigenvalue weighted by molar-refractivity contribution is 6.03. The highest BCUT2D eigenvalue weighted by Crippen LogP contribution is 2.24. The number of carbonyl (C=O) groups excluding carboxylic acids is 4. The molecule has 7 nitrogen and oxygen atoms in total. The van der Waals surface area contributed by atoms with Crippen LogP contribution in [0.2, 0.25) is 0 Å². The summed E-state index contributed by atoms with van der Waals surface area (Å²) in [5.74, 6) is -0.561. The molecule has 3 aromatic carbocycles. The number of hydrogen-bond acceptors (Lipinski definition) is 6. The van der Waals surface area contributed by atoms with Gasteiger partial charge >= 0.3 is 5.97 Å². The second kappa shape index (κ2) is 11.2. The van der Waals surface area contributed by atoms with E-state index in [-0.39, 0.29) is 29.5 Å². The van der Waals surface area contributed by atoms with Crippen LogP contribution in [-0.2, 0) is 25.9 Å². The Balaban J connectivity index is 0.000000130. The normalized spacial score (nSPS) is 14.6. The number of carboxylic acids is 1. The first-order valence-corrected chi connectivity index (χ1v) is 12.1. The Hall–Kier alpha value is -4.23. The first kappa shape index (κ1) is 25.9. The van der Waals surface area contributed by atoms with Crippen LogP contribution in [0.25, 0.3) is 0 Å². The van der Waals surface area contributed by atoms with Crippen LogP contribution >= 0.6 is 0 Å². The van der Waals surface area contributed by atoms with Gasteiger partial charge in [-0.1, -0.05) is 30.3 Å². The Kier molecular flexibility index (Phi) is 7.84. The number of aliphatic hydroxyl groups excluding tert-OH is 1. The monoisotopic (exact) mass is 498 g/mol. The molecule has 0 heterocycles. The van der Waals surface area contributed by atoms with Crippen LogP contribution in [0, 0.1) is 0 Å². The molecule has 3 aliphatic carbocycles. The van der Waals surface area contributed by atoms with Gasteiger partial charge in [0.2, 0.25) is 0 Å². The van der Waals surface area contributed by atoms with Crippen molar-refractivity contribution >= 4 is 29.6 Å². The van der Waals surface area contributed by atoms with Crippen LogP contribution in [0.15, 0.2) is 54.6 Å². The van der Waals surface area contributed by atoms with E-state index in [2.05, 4.69) is 0 Å². The minimum Gasteiger partial charge on any atom is -0.478 e. The van der Waals surface area contributed by atoms with E-state index in [0.717, 1.165) is 58.9 Å². The van der Waals surface area contributed by atoms with Crippen molar-refractivity contribution in [1.29, 1.82) is 0 Å². The van der Waals surface area contributed by atoms with Crippen LogP contribution in [0.4, 0.5) is 0 Å². The van der Waals surface area contributed by atoms with Crippen molar-refractivity contribution in [3.05, 3.63) is 105 Å². The number of rotatable bonds is 3. The maximum Gasteiger partial charge on any atom is 0.335 e. The zero-order valence-electron chi connectivity index (χ0n) is 20.2. The van der Waals surface area contributed by atoms with Crippen molar-refractivity contribution in [3.63, 3.8) is 0 Å². The standard InChI is InChI=1S/C10H8O3.C10H10O2.C10H8O2/c11-9-4-3-6-1-2-7(10(12)13)5-8(6)9;2*11-6-7-1-2-8-3-4-10(12)9(8)5-7/h1-2,5H,3-4H2,(H,12,13);1-2,5,11H,3-4,6H2;1-2,5-6H,3-4H2. The molecule has 3 aromatic rings. The molecule has 0 aliphatic heterocycles. The van der Waals surface area contributed by atoms with Crippen molar-refractivity contribution in [2.75, 3.05) is 0 Å². The lowest BCUT2D eigenvalue weighted by Gasteiger charge is -1.99. The van der Waals surface area contributed by atoms with Crippen LogP contribution in [-0.4, -0.2) is 39.8 Å². The molecule has 188 valence electrons. The van der Waals surface area contributed by atoms with Gasteiger partial charge in [-0.15, -0.1) is 0 Å². The molecule has 37 heavy (non-hydrogen) atoms. The zero-order valence-corrected chi connectivity index (χ0v) is 20.2. The number of carboxylic acid groups (broad SMARTS) is 1. The van der Waals surface area contributed by atoms with E-state index in [1.807, 2.05) is 18.2 Å². The van der Waals surface area contributed by atoms with Gasteiger partial charge in [0.05, 0.1) is 12.2 Å². The van der Waals surface area contributed by atoms with Gasteiger partial charge in [0.15, 0.2) is 17.3 Å². The minimum atomic E-state index is -0.984. The number of carbonyl (C=O) groups is 5. The summed E-state index contributed by atoms with van der Waals surface area (Å²) < 4.78 is 0. The molecule has 0 saturated carbocycles. The number of aryl methyl sites for hydroxylation is 3. The van der Waals surface area contributed by atoms with E-state index in [0.29, 0.717) is 30.4 Å². The third-order valence-corrected chi connectivity index (χ3v) is 6.75. The molecule has 0 spiro atoms. The average Bonchev–Trinajstić information content (AvgIpc) is 3.61. The Labute approximate surface area is 213 Å². The van der Waals surface area contributed by atoms with E-state index >= 15 is 0 Å². The van der Waals surface area contributed by atoms with Crippen LogP contribution in [0.1, 0.15) is 93.3 Å². The lowest BCUT2D eigenvalue weighted by atomic mass is 10.1. The molecule has 0 aromatic heterocycles.